The molecule has 1 saturated carbocycles. The highest BCUT2D eigenvalue weighted by molar-refractivity contribution is 6.08. The van der Waals surface area contributed by atoms with E-state index in [4.69, 9.17) is 4.74 Å². The minimum absolute atomic E-state index is 0.0355. The van der Waals surface area contributed by atoms with Crippen molar-refractivity contribution >= 4 is 10.2 Å². The molecule has 1 fully saturated rings. The fraction of sp³-hybridized carbons (Fsp3) is 0.571. The fourth-order valence-electron chi connectivity index (χ4n) is 2.59. The van der Waals surface area contributed by atoms with Crippen molar-refractivity contribution < 1.29 is 9.84 Å². The van der Waals surface area contributed by atoms with Gasteiger partial charge in [-0.25, -0.2) is 0 Å². The van der Waals surface area contributed by atoms with E-state index in [0.29, 0.717) is 5.92 Å². The molecule has 0 aliphatic heterocycles. The fourth-order valence-corrected chi connectivity index (χ4v) is 3.01. The Labute approximate surface area is 106 Å². The number of hydrogen-bond donors (Lipinski definition) is 1. The van der Waals surface area contributed by atoms with Crippen LogP contribution < -0.4 is 4.74 Å². The van der Waals surface area contributed by atoms with E-state index in [1.165, 1.54) is 6.42 Å². The summed E-state index contributed by atoms with van der Waals surface area (Å²) in [5.41, 5.74) is 0. The molecule has 2 radical (unpaired) electrons. The number of benzene rings is 1. The first-order valence-electron chi connectivity index (χ1n) is 6.41. The molecular weight excluding hydrogens is 228 g/mol. The van der Waals surface area contributed by atoms with Crippen LogP contribution in [0.3, 0.4) is 0 Å². The molecule has 2 rings (SSSR count). The SMILES string of the molecule is OC1CCCC(CC[SiH])C1Oc1ccccc1. The van der Waals surface area contributed by atoms with Gasteiger partial charge in [-0.15, -0.1) is 0 Å². The van der Waals surface area contributed by atoms with Crippen LogP contribution in [-0.2, 0) is 0 Å². The summed E-state index contributed by atoms with van der Waals surface area (Å²) in [7, 11) is 2.77. The van der Waals surface area contributed by atoms with E-state index in [2.05, 4.69) is 10.2 Å². The highest BCUT2D eigenvalue weighted by atomic mass is 28.1. The van der Waals surface area contributed by atoms with Crippen LogP contribution in [0.2, 0.25) is 6.04 Å². The maximum absolute atomic E-state index is 10.1. The van der Waals surface area contributed by atoms with Crippen molar-refractivity contribution in [1.29, 1.82) is 0 Å². The molecule has 1 aliphatic rings. The third kappa shape index (κ3) is 3.33. The van der Waals surface area contributed by atoms with Crippen LogP contribution in [-0.4, -0.2) is 27.6 Å². The summed E-state index contributed by atoms with van der Waals surface area (Å²) in [4.78, 5) is 0. The summed E-state index contributed by atoms with van der Waals surface area (Å²) in [6.45, 7) is 0. The van der Waals surface area contributed by atoms with Crippen molar-refractivity contribution in [2.45, 2.75) is 43.9 Å². The molecule has 0 amide bonds. The molecule has 1 N–H and O–H groups in total. The first kappa shape index (κ1) is 12.6. The molecule has 0 heterocycles. The minimum atomic E-state index is -0.314. The second-order valence-corrected chi connectivity index (χ2v) is 5.31. The standard InChI is InChI=1S/C14H20O2Si/c15-13-8-4-5-11(9-10-17)14(13)16-12-6-2-1-3-7-12/h1-3,6-7,11,13-15,17H,4-5,8-10H2. The number of ether oxygens (including phenoxy) is 1. The van der Waals surface area contributed by atoms with E-state index in [0.717, 1.165) is 31.1 Å². The van der Waals surface area contributed by atoms with Crippen molar-refractivity contribution in [3.05, 3.63) is 30.3 Å². The summed E-state index contributed by atoms with van der Waals surface area (Å²) in [6, 6.07) is 10.9. The smallest absolute Gasteiger partial charge is 0.127 e. The van der Waals surface area contributed by atoms with Gasteiger partial charge in [-0.3, -0.25) is 0 Å². The quantitative estimate of drug-likeness (QED) is 0.829. The molecule has 1 aromatic rings. The predicted molar refractivity (Wildman–Crippen MR) is 70.8 cm³/mol. The lowest BCUT2D eigenvalue weighted by Gasteiger charge is -2.35. The first-order valence-corrected chi connectivity index (χ1v) is 7.22. The molecule has 0 bridgehead atoms. The van der Waals surface area contributed by atoms with Crippen molar-refractivity contribution in [2.75, 3.05) is 0 Å². The largest absolute Gasteiger partial charge is 0.487 e. The Bertz CT molecular complexity index is 326. The van der Waals surface area contributed by atoms with E-state index in [9.17, 15) is 5.11 Å². The summed E-state index contributed by atoms with van der Waals surface area (Å²) in [5.74, 6) is 1.35. The molecule has 3 atom stereocenters. The van der Waals surface area contributed by atoms with Crippen LogP contribution in [0.15, 0.2) is 30.3 Å². The van der Waals surface area contributed by atoms with Gasteiger partial charge < -0.3 is 9.84 Å². The molecule has 17 heavy (non-hydrogen) atoms. The Balaban J connectivity index is 2.04. The number of rotatable bonds is 4. The first-order chi connectivity index (χ1) is 8.31. The maximum atomic E-state index is 10.1. The van der Waals surface area contributed by atoms with E-state index in [1.807, 2.05) is 30.3 Å². The molecule has 3 heteroatoms. The van der Waals surface area contributed by atoms with E-state index < -0.39 is 0 Å². The molecule has 3 unspecified atom stereocenters. The summed E-state index contributed by atoms with van der Waals surface area (Å²) >= 11 is 0. The highest BCUT2D eigenvalue weighted by Crippen LogP contribution is 2.31. The third-order valence-corrected chi connectivity index (χ3v) is 3.80. The second kappa shape index (κ2) is 6.22. The molecule has 1 aromatic carbocycles. The molecule has 0 aromatic heterocycles. The monoisotopic (exact) mass is 248 g/mol. The number of hydrogen-bond acceptors (Lipinski definition) is 2. The van der Waals surface area contributed by atoms with Crippen molar-refractivity contribution in [3.8, 4) is 5.75 Å². The lowest BCUT2D eigenvalue weighted by atomic mass is 9.82. The second-order valence-electron chi connectivity index (χ2n) is 4.73. The van der Waals surface area contributed by atoms with Crippen molar-refractivity contribution in [3.63, 3.8) is 0 Å². The molecule has 92 valence electrons. The van der Waals surface area contributed by atoms with Crippen LogP contribution in [0.1, 0.15) is 25.7 Å². The Morgan fingerprint density at radius 1 is 1.24 bits per heavy atom. The topological polar surface area (TPSA) is 29.5 Å². The number of aliphatic hydroxyl groups is 1. The lowest BCUT2D eigenvalue weighted by Crippen LogP contribution is -2.41. The molecule has 1 aliphatic carbocycles. The van der Waals surface area contributed by atoms with Gasteiger partial charge in [-0.2, -0.15) is 0 Å². The minimum Gasteiger partial charge on any atom is -0.487 e. The predicted octanol–water partition coefficient (Wildman–Crippen LogP) is 2.30. The zero-order valence-electron chi connectivity index (χ0n) is 10.1. The summed E-state index contributed by atoms with van der Waals surface area (Å²) < 4.78 is 5.97. The molecular formula is C14H20O2Si. The third-order valence-electron chi connectivity index (χ3n) is 3.47. The van der Waals surface area contributed by atoms with Crippen LogP contribution in [0, 0.1) is 5.92 Å². The summed E-state index contributed by atoms with van der Waals surface area (Å²) in [5, 5.41) is 10.1. The van der Waals surface area contributed by atoms with Gasteiger partial charge in [0.1, 0.15) is 11.9 Å². The van der Waals surface area contributed by atoms with Gasteiger partial charge in [0.15, 0.2) is 0 Å². The van der Waals surface area contributed by atoms with Gasteiger partial charge in [-0.05, 0) is 37.3 Å². The Kier molecular flexibility index (Phi) is 4.63. The van der Waals surface area contributed by atoms with Crippen LogP contribution in [0.25, 0.3) is 0 Å². The number of para-hydroxylation sites is 1. The average molecular weight is 248 g/mol. The van der Waals surface area contributed by atoms with Gasteiger partial charge in [-0.1, -0.05) is 30.7 Å². The van der Waals surface area contributed by atoms with Crippen LogP contribution in [0.5, 0.6) is 5.75 Å². The molecule has 0 saturated heterocycles. The van der Waals surface area contributed by atoms with Crippen LogP contribution >= 0.6 is 0 Å². The Hall–Kier alpha value is -0.803. The Morgan fingerprint density at radius 2 is 2.00 bits per heavy atom. The highest BCUT2D eigenvalue weighted by Gasteiger charge is 2.33. The molecule has 2 nitrogen and oxygen atoms in total. The Morgan fingerprint density at radius 3 is 2.71 bits per heavy atom. The van der Waals surface area contributed by atoms with Gasteiger partial charge in [0, 0.05) is 10.2 Å². The average Bonchev–Trinajstić information content (AvgIpc) is 2.35. The van der Waals surface area contributed by atoms with E-state index >= 15 is 0 Å². The maximum Gasteiger partial charge on any atom is 0.127 e. The van der Waals surface area contributed by atoms with Crippen molar-refractivity contribution in [1.82, 2.24) is 0 Å². The van der Waals surface area contributed by atoms with Gasteiger partial charge in [0.05, 0.1) is 6.10 Å². The number of aliphatic hydroxyl groups excluding tert-OH is 1. The normalized spacial score (nSPS) is 28.9. The van der Waals surface area contributed by atoms with Gasteiger partial charge in [0.25, 0.3) is 0 Å². The lowest BCUT2D eigenvalue weighted by molar-refractivity contribution is -0.0296. The van der Waals surface area contributed by atoms with Gasteiger partial charge in [0.2, 0.25) is 0 Å². The van der Waals surface area contributed by atoms with Crippen molar-refractivity contribution in [2.24, 2.45) is 5.92 Å². The van der Waals surface area contributed by atoms with E-state index in [-0.39, 0.29) is 12.2 Å². The van der Waals surface area contributed by atoms with E-state index in [1.54, 1.807) is 0 Å². The summed E-state index contributed by atoms with van der Waals surface area (Å²) in [6.07, 6.45) is 3.91. The zero-order chi connectivity index (χ0) is 12.1. The van der Waals surface area contributed by atoms with Gasteiger partial charge >= 0.3 is 0 Å². The zero-order valence-corrected chi connectivity index (χ0v) is 11.2. The van der Waals surface area contributed by atoms with Crippen LogP contribution in [0.4, 0.5) is 0 Å². The molecule has 0 spiro atoms.